The smallest absolute Gasteiger partial charge is 0.0143 e. The van der Waals surface area contributed by atoms with Gasteiger partial charge in [-0.05, 0) is 30.6 Å². The molecule has 0 rings (SSSR count). The predicted octanol–water partition coefficient (Wildman–Crippen LogP) is 4.60. The highest BCUT2D eigenvalue weighted by molar-refractivity contribution is 4.93. The summed E-state index contributed by atoms with van der Waals surface area (Å²) in [4.78, 5) is 0. The van der Waals surface area contributed by atoms with Crippen molar-refractivity contribution in [2.24, 2.45) is 17.8 Å². The maximum atomic E-state index is 4.02. The van der Waals surface area contributed by atoms with Crippen molar-refractivity contribution in [1.82, 2.24) is 5.32 Å². The molecule has 1 unspecified atom stereocenters. The first kappa shape index (κ1) is 15.5. The Kier molecular flexibility index (Phi) is 8.42. The highest BCUT2D eigenvalue weighted by atomic mass is 14.9. The van der Waals surface area contributed by atoms with Gasteiger partial charge < -0.3 is 5.32 Å². The zero-order valence-corrected chi connectivity index (χ0v) is 12.0. The van der Waals surface area contributed by atoms with Gasteiger partial charge >= 0.3 is 0 Å². The van der Waals surface area contributed by atoms with Crippen LogP contribution in [0, 0.1) is 17.8 Å². The van der Waals surface area contributed by atoms with Crippen molar-refractivity contribution in [3.63, 3.8) is 0 Å². The fourth-order valence-corrected chi connectivity index (χ4v) is 1.99. The third-order valence-electron chi connectivity index (χ3n) is 3.05. The standard InChI is InChI=1S/C15H31N/c1-12(2)11-14(5)9-7-8-10-16-15(6)13(3)4/h12-14,16H,6-11H2,1-5H3. The van der Waals surface area contributed by atoms with E-state index in [0.717, 1.165) is 18.4 Å². The lowest BCUT2D eigenvalue weighted by Crippen LogP contribution is -2.17. The Hall–Kier alpha value is -0.460. The van der Waals surface area contributed by atoms with E-state index in [4.69, 9.17) is 0 Å². The van der Waals surface area contributed by atoms with Gasteiger partial charge in [-0.15, -0.1) is 0 Å². The molecule has 0 aromatic carbocycles. The Morgan fingerprint density at radius 3 is 2.19 bits per heavy atom. The van der Waals surface area contributed by atoms with E-state index in [0.29, 0.717) is 5.92 Å². The van der Waals surface area contributed by atoms with Crippen molar-refractivity contribution in [1.29, 1.82) is 0 Å². The third kappa shape index (κ3) is 8.82. The molecule has 1 nitrogen and oxygen atoms in total. The minimum Gasteiger partial charge on any atom is -0.389 e. The molecular formula is C15H31N. The van der Waals surface area contributed by atoms with Crippen LogP contribution in [-0.4, -0.2) is 6.54 Å². The van der Waals surface area contributed by atoms with Gasteiger partial charge in [-0.3, -0.25) is 0 Å². The van der Waals surface area contributed by atoms with Gasteiger partial charge in [0.2, 0.25) is 0 Å². The lowest BCUT2D eigenvalue weighted by Gasteiger charge is -2.15. The van der Waals surface area contributed by atoms with E-state index in [1.54, 1.807) is 0 Å². The summed E-state index contributed by atoms with van der Waals surface area (Å²) >= 11 is 0. The normalized spacial score (nSPS) is 13.2. The molecule has 16 heavy (non-hydrogen) atoms. The van der Waals surface area contributed by atoms with Crippen LogP contribution in [0.1, 0.15) is 60.3 Å². The molecule has 0 aromatic heterocycles. The highest BCUT2D eigenvalue weighted by Crippen LogP contribution is 2.16. The number of hydrogen-bond acceptors (Lipinski definition) is 1. The zero-order valence-electron chi connectivity index (χ0n) is 12.0. The first-order valence-corrected chi connectivity index (χ1v) is 6.86. The van der Waals surface area contributed by atoms with E-state index in [1.807, 2.05) is 0 Å². The van der Waals surface area contributed by atoms with Crippen molar-refractivity contribution in [3.8, 4) is 0 Å². The van der Waals surface area contributed by atoms with Crippen LogP contribution >= 0.6 is 0 Å². The van der Waals surface area contributed by atoms with Gasteiger partial charge in [0, 0.05) is 12.2 Å². The average molecular weight is 225 g/mol. The van der Waals surface area contributed by atoms with Gasteiger partial charge in [0.25, 0.3) is 0 Å². The monoisotopic (exact) mass is 225 g/mol. The highest BCUT2D eigenvalue weighted by Gasteiger charge is 2.04. The predicted molar refractivity (Wildman–Crippen MR) is 74.5 cm³/mol. The Morgan fingerprint density at radius 2 is 1.69 bits per heavy atom. The SMILES string of the molecule is C=C(NCCCCC(C)CC(C)C)C(C)C. The van der Waals surface area contributed by atoms with Gasteiger partial charge in [0.1, 0.15) is 0 Å². The summed E-state index contributed by atoms with van der Waals surface area (Å²) in [5.41, 5.74) is 1.18. The van der Waals surface area contributed by atoms with E-state index >= 15 is 0 Å². The first-order chi connectivity index (χ1) is 7.43. The number of unbranched alkanes of at least 4 members (excludes halogenated alkanes) is 1. The largest absolute Gasteiger partial charge is 0.389 e. The minimum absolute atomic E-state index is 0.555. The zero-order chi connectivity index (χ0) is 12.6. The number of rotatable bonds is 9. The number of hydrogen-bond donors (Lipinski definition) is 1. The van der Waals surface area contributed by atoms with E-state index in [2.05, 4.69) is 46.5 Å². The van der Waals surface area contributed by atoms with Gasteiger partial charge in [0.05, 0.1) is 0 Å². The van der Waals surface area contributed by atoms with E-state index in [-0.39, 0.29) is 0 Å². The number of allylic oxidation sites excluding steroid dienone is 1. The van der Waals surface area contributed by atoms with Crippen LogP contribution in [-0.2, 0) is 0 Å². The molecule has 1 N–H and O–H groups in total. The fraction of sp³-hybridized carbons (Fsp3) is 0.867. The lowest BCUT2D eigenvalue weighted by atomic mass is 9.94. The molecule has 0 aliphatic carbocycles. The molecular weight excluding hydrogens is 194 g/mol. The Labute approximate surface area is 103 Å². The van der Waals surface area contributed by atoms with E-state index in [9.17, 15) is 0 Å². The van der Waals surface area contributed by atoms with Crippen LogP contribution in [0.2, 0.25) is 0 Å². The second-order valence-corrected chi connectivity index (χ2v) is 5.84. The molecule has 0 spiro atoms. The van der Waals surface area contributed by atoms with Crippen LogP contribution in [0.15, 0.2) is 12.3 Å². The maximum Gasteiger partial charge on any atom is 0.0143 e. The quantitative estimate of drug-likeness (QED) is 0.566. The van der Waals surface area contributed by atoms with Crippen molar-refractivity contribution in [2.75, 3.05) is 6.54 Å². The molecule has 96 valence electrons. The summed E-state index contributed by atoms with van der Waals surface area (Å²) in [6, 6.07) is 0. The summed E-state index contributed by atoms with van der Waals surface area (Å²) in [6.07, 6.45) is 5.35. The molecule has 0 amide bonds. The lowest BCUT2D eigenvalue weighted by molar-refractivity contribution is 0.400. The minimum atomic E-state index is 0.555. The molecule has 0 aliphatic rings. The summed E-state index contributed by atoms with van der Waals surface area (Å²) < 4.78 is 0. The Balaban J connectivity index is 3.36. The van der Waals surface area contributed by atoms with Crippen LogP contribution in [0.3, 0.4) is 0 Å². The Morgan fingerprint density at radius 1 is 1.06 bits per heavy atom. The van der Waals surface area contributed by atoms with Crippen molar-refractivity contribution in [2.45, 2.75) is 60.3 Å². The number of nitrogens with one attached hydrogen (secondary N) is 1. The van der Waals surface area contributed by atoms with Gasteiger partial charge in [0.15, 0.2) is 0 Å². The molecule has 1 heteroatoms. The summed E-state index contributed by atoms with van der Waals surface area (Å²) in [6.45, 7) is 16.5. The summed E-state index contributed by atoms with van der Waals surface area (Å²) in [5.74, 6) is 2.28. The maximum absolute atomic E-state index is 4.02. The molecule has 0 heterocycles. The van der Waals surface area contributed by atoms with Gasteiger partial charge in [-0.25, -0.2) is 0 Å². The van der Waals surface area contributed by atoms with Crippen LogP contribution in [0.4, 0.5) is 0 Å². The molecule has 0 radical (unpaired) electrons. The second-order valence-electron chi connectivity index (χ2n) is 5.84. The molecule has 0 aliphatic heterocycles. The van der Waals surface area contributed by atoms with Crippen LogP contribution in [0.25, 0.3) is 0 Å². The molecule has 0 saturated heterocycles. The molecule has 0 saturated carbocycles. The first-order valence-electron chi connectivity index (χ1n) is 6.86. The van der Waals surface area contributed by atoms with Crippen molar-refractivity contribution in [3.05, 3.63) is 12.3 Å². The molecule has 0 aromatic rings. The topological polar surface area (TPSA) is 12.0 Å². The van der Waals surface area contributed by atoms with Gasteiger partial charge in [-0.2, -0.15) is 0 Å². The van der Waals surface area contributed by atoms with Crippen molar-refractivity contribution < 1.29 is 0 Å². The van der Waals surface area contributed by atoms with E-state index < -0.39 is 0 Å². The fourth-order valence-electron chi connectivity index (χ4n) is 1.99. The van der Waals surface area contributed by atoms with Crippen LogP contribution in [0.5, 0.6) is 0 Å². The average Bonchev–Trinajstić information content (AvgIpc) is 2.15. The summed E-state index contributed by atoms with van der Waals surface area (Å²) in [5, 5.41) is 3.40. The third-order valence-corrected chi connectivity index (χ3v) is 3.05. The van der Waals surface area contributed by atoms with Gasteiger partial charge in [-0.1, -0.05) is 54.0 Å². The molecule has 0 fully saturated rings. The molecule has 1 atom stereocenters. The second kappa shape index (κ2) is 8.66. The Bertz CT molecular complexity index is 182. The molecule has 0 bridgehead atoms. The van der Waals surface area contributed by atoms with E-state index in [1.165, 1.54) is 31.4 Å². The van der Waals surface area contributed by atoms with Crippen LogP contribution < -0.4 is 5.32 Å². The van der Waals surface area contributed by atoms with Crippen molar-refractivity contribution >= 4 is 0 Å². The summed E-state index contributed by atoms with van der Waals surface area (Å²) in [7, 11) is 0.